The van der Waals surface area contributed by atoms with Crippen LogP contribution in [0.5, 0.6) is 0 Å². The molecule has 1 aliphatic heterocycles. The van der Waals surface area contributed by atoms with Crippen molar-refractivity contribution in [2.45, 2.75) is 45.2 Å². The lowest BCUT2D eigenvalue weighted by Crippen LogP contribution is -2.41. The molecule has 1 aliphatic rings. The molecule has 0 saturated carbocycles. The summed E-state index contributed by atoms with van der Waals surface area (Å²) in [6.07, 6.45) is 1.92. The molecule has 1 aromatic rings. The molecule has 0 radical (unpaired) electrons. The van der Waals surface area contributed by atoms with E-state index in [9.17, 15) is 4.79 Å². The highest BCUT2D eigenvalue weighted by Crippen LogP contribution is 2.20. The second kappa shape index (κ2) is 5.48. The van der Waals surface area contributed by atoms with Gasteiger partial charge in [0, 0.05) is 13.0 Å². The van der Waals surface area contributed by atoms with Gasteiger partial charge in [-0.25, -0.2) is 0 Å². The van der Waals surface area contributed by atoms with E-state index in [1.165, 1.54) is 0 Å². The first-order valence-corrected chi connectivity index (χ1v) is 6.40. The largest absolute Gasteiger partial charge is 0.358 e. The Hall–Kier alpha value is -1.43. The third-order valence-corrected chi connectivity index (χ3v) is 3.25. The van der Waals surface area contributed by atoms with Crippen molar-refractivity contribution in [3.8, 4) is 0 Å². The Morgan fingerprint density at radius 1 is 1.61 bits per heavy atom. The molecular formula is C12H20N4O2. The summed E-state index contributed by atoms with van der Waals surface area (Å²) in [5.41, 5.74) is 0. The number of aromatic nitrogens is 2. The van der Waals surface area contributed by atoms with Crippen molar-refractivity contribution < 1.29 is 9.32 Å². The zero-order valence-corrected chi connectivity index (χ0v) is 11.1. The SMILES string of the molecule is CNC(=O)[C@@H]1CCCN1Cc1nc(C(C)C)no1. The van der Waals surface area contributed by atoms with Gasteiger partial charge in [0.25, 0.3) is 0 Å². The molecule has 1 amide bonds. The number of likely N-dealkylation sites (tertiary alicyclic amines) is 1. The first kappa shape index (κ1) is 13.0. The standard InChI is InChI=1S/C12H20N4O2/c1-8(2)11-14-10(18-15-11)7-16-6-4-5-9(16)12(17)13-3/h8-9H,4-7H2,1-3H3,(H,13,17)/t9-/m0/s1. The maximum atomic E-state index is 11.7. The molecule has 0 aliphatic carbocycles. The van der Waals surface area contributed by atoms with E-state index in [1.54, 1.807) is 7.05 Å². The lowest BCUT2D eigenvalue weighted by atomic mass is 10.2. The lowest BCUT2D eigenvalue weighted by Gasteiger charge is -2.20. The first-order valence-electron chi connectivity index (χ1n) is 6.40. The predicted molar refractivity (Wildman–Crippen MR) is 65.9 cm³/mol. The smallest absolute Gasteiger partial charge is 0.240 e. The Morgan fingerprint density at radius 3 is 3.00 bits per heavy atom. The quantitative estimate of drug-likeness (QED) is 0.862. The normalized spacial score (nSPS) is 20.6. The maximum Gasteiger partial charge on any atom is 0.240 e. The van der Waals surface area contributed by atoms with Gasteiger partial charge in [-0.1, -0.05) is 19.0 Å². The van der Waals surface area contributed by atoms with Crippen LogP contribution < -0.4 is 5.32 Å². The third-order valence-electron chi connectivity index (χ3n) is 3.25. The number of hydrogen-bond donors (Lipinski definition) is 1. The van der Waals surface area contributed by atoms with Gasteiger partial charge >= 0.3 is 0 Å². The van der Waals surface area contributed by atoms with Crippen LogP contribution in [0.3, 0.4) is 0 Å². The fourth-order valence-corrected chi connectivity index (χ4v) is 2.22. The molecule has 1 fully saturated rings. The molecule has 100 valence electrons. The molecule has 6 nitrogen and oxygen atoms in total. The Bertz CT molecular complexity index is 416. The van der Waals surface area contributed by atoms with Crippen molar-refractivity contribution in [2.24, 2.45) is 0 Å². The van der Waals surface area contributed by atoms with Crippen molar-refractivity contribution in [2.75, 3.05) is 13.6 Å². The summed E-state index contributed by atoms with van der Waals surface area (Å²) < 4.78 is 5.22. The highest BCUT2D eigenvalue weighted by molar-refractivity contribution is 5.81. The highest BCUT2D eigenvalue weighted by atomic mass is 16.5. The van der Waals surface area contributed by atoms with E-state index in [4.69, 9.17) is 4.52 Å². The molecule has 1 aromatic heterocycles. The summed E-state index contributed by atoms with van der Waals surface area (Å²) in [5.74, 6) is 1.64. The molecule has 1 saturated heterocycles. The van der Waals surface area contributed by atoms with Gasteiger partial charge in [-0.2, -0.15) is 4.98 Å². The van der Waals surface area contributed by atoms with Crippen LogP contribution in [-0.2, 0) is 11.3 Å². The molecule has 0 unspecified atom stereocenters. The maximum absolute atomic E-state index is 11.7. The molecule has 18 heavy (non-hydrogen) atoms. The number of nitrogens with one attached hydrogen (secondary N) is 1. The van der Waals surface area contributed by atoms with Gasteiger partial charge in [0.15, 0.2) is 5.82 Å². The van der Waals surface area contributed by atoms with Gasteiger partial charge in [0.1, 0.15) is 0 Å². The molecule has 6 heteroatoms. The van der Waals surface area contributed by atoms with Gasteiger partial charge in [-0.05, 0) is 19.4 Å². The third kappa shape index (κ3) is 2.69. The zero-order chi connectivity index (χ0) is 13.1. The van der Waals surface area contributed by atoms with E-state index in [0.717, 1.165) is 25.2 Å². The van der Waals surface area contributed by atoms with Crippen molar-refractivity contribution in [3.05, 3.63) is 11.7 Å². The average molecular weight is 252 g/mol. The summed E-state index contributed by atoms with van der Waals surface area (Å²) in [6, 6.07) is -0.0654. The summed E-state index contributed by atoms with van der Waals surface area (Å²) in [7, 11) is 1.67. The van der Waals surface area contributed by atoms with Gasteiger partial charge in [-0.15, -0.1) is 0 Å². The minimum atomic E-state index is -0.0654. The minimum Gasteiger partial charge on any atom is -0.358 e. The molecule has 0 aromatic carbocycles. The Kier molecular flexibility index (Phi) is 3.96. The molecule has 0 bridgehead atoms. The van der Waals surface area contributed by atoms with Crippen molar-refractivity contribution in [1.29, 1.82) is 0 Å². The fourth-order valence-electron chi connectivity index (χ4n) is 2.22. The lowest BCUT2D eigenvalue weighted by molar-refractivity contribution is -0.125. The van der Waals surface area contributed by atoms with E-state index in [1.807, 2.05) is 13.8 Å². The number of carbonyl (C=O) groups excluding carboxylic acids is 1. The molecule has 1 N–H and O–H groups in total. The van der Waals surface area contributed by atoms with Gasteiger partial charge in [0.2, 0.25) is 11.8 Å². The van der Waals surface area contributed by atoms with Gasteiger partial charge in [0.05, 0.1) is 12.6 Å². The molecule has 0 spiro atoms. The van der Waals surface area contributed by atoms with E-state index in [-0.39, 0.29) is 17.9 Å². The van der Waals surface area contributed by atoms with Crippen molar-refractivity contribution >= 4 is 5.91 Å². The number of likely N-dealkylation sites (N-methyl/N-ethyl adjacent to an activating group) is 1. The van der Waals surface area contributed by atoms with Crippen LogP contribution in [0.25, 0.3) is 0 Å². The van der Waals surface area contributed by atoms with Crippen LogP contribution in [0.15, 0.2) is 4.52 Å². The van der Waals surface area contributed by atoms with Crippen molar-refractivity contribution in [1.82, 2.24) is 20.4 Å². The second-order valence-corrected chi connectivity index (χ2v) is 4.94. The van der Waals surface area contributed by atoms with Crippen LogP contribution in [-0.4, -0.2) is 40.6 Å². The fraction of sp³-hybridized carbons (Fsp3) is 0.750. The summed E-state index contributed by atoms with van der Waals surface area (Å²) in [4.78, 5) is 18.1. The Labute approximate surface area is 107 Å². The summed E-state index contributed by atoms with van der Waals surface area (Å²) >= 11 is 0. The van der Waals surface area contributed by atoms with Crippen LogP contribution in [0.2, 0.25) is 0 Å². The molecule has 2 rings (SSSR count). The minimum absolute atomic E-state index is 0.0654. The summed E-state index contributed by atoms with van der Waals surface area (Å²) in [5, 5.41) is 6.63. The average Bonchev–Trinajstić information content (AvgIpc) is 2.97. The number of hydrogen-bond acceptors (Lipinski definition) is 5. The van der Waals surface area contributed by atoms with Gasteiger partial charge in [-0.3, -0.25) is 9.69 Å². The molecule has 1 atom stereocenters. The van der Waals surface area contributed by atoms with Crippen LogP contribution >= 0.6 is 0 Å². The number of rotatable bonds is 4. The number of amides is 1. The zero-order valence-electron chi connectivity index (χ0n) is 11.1. The van der Waals surface area contributed by atoms with Crippen LogP contribution in [0.4, 0.5) is 0 Å². The van der Waals surface area contributed by atoms with Crippen LogP contribution in [0.1, 0.15) is 44.3 Å². The van der Waals surface area contributed by atoms with Crippen molar-refractivity contribution in [3.63, 3.8) is 0 Å². The Balaban J connectivity index is 2.01. The monoisotopic (exact) mass is 252 g/mol. The molecular weight excluding hydrogens is 232 g/mol. The van der Waals surface area contributed by atoms with E-state index in [2.05, 4.69) is 20.4 Å². The van der Waals surface area contributed by atoms with Crippen LogP contribution in [0, 0.1) is 0 Å². The second-order valence-electron chi connectivity index (χ2n) is 4.94. The summed E-state index contributed by atoms with van der Waals surface area (Å²) in [6.45, 7) is 5.50. The topological polar surface area (TPSA) is 71.3 Å². The predicted octanol–water partition coefficient (Wildman–Crippen LogP) is 0.903. The van der Waals surface area contributed by atoms with Gasteiger partial charge < -0.3 is 9.84 Å². The van der Waals surface area contributed by atoms with E-state index in [0.29, 0.717) is 12.4 Å². The number of nitrogens with zero attached hydrogens (tertiary/aromatic N) is 3. The molecule has 2 heterocycles. The van der Waals surface area contributed by atoms with E-state index >= 15 is 0 Å². The first-order chi connectivity index (χ1) is 8.61. The Morgan fingerprint density at radius 2 is 2.39 bits per heavy atom. The highest BCUT2D eigenvalue weighted by Gasteiger charge is 2.31. The van der Waals surface area contributed by atoms with E-state index < -0.39 is 0 Å². The number of carbonyl (C=O) groups is 1.